The summed E-state index contributed by atoms with van der Waals surface area (Å²) in [7, 11) is 0. The zero-order chi connectivity index (χ0) is 13.8. The highest BCUT2D eigenvalue weighted by Gasteiger charge is 2.14. The first-order valence-electron chi connectivity index (χ1n) is 5.69. The lowest BCUT2D eigenvalue weighted by atomic mass is 10.1. The maximum absolute atomic E-state index is 13.0. The molecule has 19 heavy (non-hydrogen) atoms. The van der Waals surface area contributed by atoms with Gasteiger partial charge in [-0.25, -0.2) is 4.39 Å². The first-order chi connectivity index (χ1) is 9.11. The average molecular weight is 324 g/mol. The van der Waals surface area contributed by atoms with Gasteiger partial charge in [0.25, 0.3) is 0 Å². The Kier molecular flexibility index (Phi) is 4.27. The van der Waals surface area contributed by atoms with Crippen LogP contribution >= 0.6 is 15.9 Å². The number of pyridine rings is 1. The predicted molar refractivity (Wildman–Crippen MR) is 72.9 cm³/mol. The Bertz CT molecular complexity index is 616. The van der Waals surface area contributed by atoms with E-state index < -0.39 is 5.82 Å². The van der Waals surface area contributed by atoms with Crippen LogP contribution in [0.4, 0.5) is 4.39 Å². The smallest absolute Gasteiger partial charge is 0.195 e. The van der Waals surface area contributed by atoms with Gasteiger partial charge in [-0.1, -0.05) is 0 Å². The van der Waals surface area contributed by atoms with Crippen molar-refractivity contribution in [2.24, 2.45) is 0 Å². The van der Waals surface area contributed by atoms with Crippen LogP contribution in [0.15, 0.2) is 41.1 Å². The van der Waals surface area contributed by atoms with E-state index >= 15 is 0 Å². The van der Waals surface area contributed by atoms with E-state index in [-0.39, 0.29) is 5.78 Å². The minimum atomic E-state index is -0.399. The highest BCUT2D eigenvalue weighted by molar-refractivity contribution is 9.10. The number of rotatable bonds is 4. The van der Waals surface area contributed by atoms with E-state index in [2.05, 4.69) is 20.9 Å². The third-order valence-electron chi connectivity index (χ3n) is 2.46. The van der Waals surface area contributed by atoms with Crippen molar-refractivity contribution in [1.29, 1.82) is 0 Å². The Morgan fingerprint density at radius 1 is 1.37 bits per heavy atom. The number of carbonyl (C=O) groups is 1. The van der Waals surface area contributed by atoms with Gasteiger partial charge in [0.2, 0.25) is 0 Å². The minimum absolute atomic E-state index is 0.235. The van der Waals surface area contributed by atoms with E-state index in [0.717, 1.165) is 0 Å². The molecule has 0 saturated heterocycles. The highest BCUT2D eigenvalue weighted by atomic mass is 79.9. The number of nitrogens with zero attached hydrogens (tertiary/aromatic N) is 1. The molecule has 2 aromatic rings. The number of benzene rings is 1. The molecule has 98 valence electrons. The fraction of sp³-hybridized carbons (Fsp3) is 0.143. The summed E-state index contributed by atoms with van der Waals surface area (Å²) in [5, 5.41) is 0. The van der Waals surface area contributed by atoms with E-state index in [1.54, 1.807) is 12.3 Å². The van der Waals surface area contributed by atoms with E-state index in [9.17, 15) is 9.18 Å². The van der Waals surface area contributed by atoms with Crippen LogP contribution in [-0.2, 0) is 0 Å². The lowest BCUT2D eigenvalue weighted by Crippen LogP contribution is -2.04. The summed E-state index contributed by atoms with van der Waals surface area (Å²) in [4.78, 5) is 16.2. The van der Waals surface area contributed by atoms with Gasteiger partial charge >= 0.3 is 0 Å². The van der Waals surface area contributed by atoms with Crippen LogP contribution in [0.2, 0.25) is 0 Å². The molecule has 0 amide bonds. The second kappa shape index (κ2) is 5.93. The highest BCUT2D eigenvalue weighted by Crippen LogP contribution is 2.22. The van der Waals surface area contributed by atoms with E-state index in [1.165, 1.54) is 24.4 Å². The van der Waals surface area contributed by atoms with Crippen molar-refractivity contribution in [1.82, 2.24) is 4.98 Å². The molecule has 0 aliphatic heterocycles. The van der Waals surface area contributed by atoms with Crippen LogP contribution in [-0.4, -0.2) is 17.4 Å². The molecule has 0 unspecified atom stereocenters. The number of hydrogen-bond acceptors (Lipinski definition) is 3. The largest absolute Gasteiger partial charge is 0.492 e. The minimum Gasteiger partial charge on any atom is -0.492 e. The molecule has 0 aliphatic rings. The molecule has 0 bridgehead atoms. The maximum atomic E-state index is 13.0. The third-order valence-corrected chi connectivity index (χ3v) is 3.12. The lowest BCUT2D eigenvalue weighted by molar-refractivity contribution is 0.103. The summed E-state index contributed by atoms with van der Waals surface area (Å²) in [5.41, 5.74) is 0.787. The van der Waals surface area contributed by atoms with Crippen LogP contribution in [0.1, 0.15) is 22.8 Å². The van der Waals surface area contributed by atoms with Crippen LogP contribution in [0, 0.1) is 5.82 Å². The van der Waals surface area contributed by atoms with Gasteiger partial charge in [0.1, 0.15) is 11.6 Å². The van der Waals surface area contributed by atoms with Crippen LogP contribution in [0.3, 0.4) is 0 Å². The number of hydrogen-bond donors (Lipinski definition) is 0. The first kappa shape index (κ1) is 13.7. The Morgan fingerprint density at radius 2 is 2.16 bits per heavy atom. The van der Waals surface area contributed by atoms with Gasteiger partial charge < -0.3 is 4.74 Å². The lowest BCUT2D eigenvalue weighted by Gasteiger charge is -2.06. The molecule has 0 saturated carbocycles. The van der Waals surface area contributed by atoms with Gasteiger partial charge in [-0.15, -0.1) is 0 Å². The first-order valence-corrected chi connectivity index (χ1v) is 6.48. The summed E-state index contributed by atoms with van der Waals surface area (Å²) >= 11 is 3.18. The SMILES string of the molecule is CCOc1cncc(C(=O)c2ccc(F)cc2Br)c1. The molecule has 3 nitrogen and oxygen atoms in total. The van der Waals surface area contributed by atoms with Gasteiger partial charge in [-0.2, -0.15) is 0 Å². The second-order valence-electron chi connectivity index (χ2n) is 3.80. The molecule has 0 spiro atoms. The summed E-state index contributed by atoms with van der Waals surface area (Å²) in [6, 6.07) is 5.56. The maximum Gasteiger partial charge on any atom is 0.195 e. The van der Waals surface area contributed by atoms with Gasteiger partial charge in [-0.05, 0) is 47.1 Å². The fourth-order valence-electron chi connectivity index (χ4n) is 1.62. The van der Waals surface area contributed by atoms with Crippen molar-refractivity contribution >= 4 is 21.7 Å². The second-order valence-corrected chi connectivity index (χ2v) is 4.65. The van der Waals surface area contributed by atoms with Crippen LogP contribution < -0.4 is 4.74 Å². The summed E-state index contributed by atoms with van der Waals surface area (Å²) < 4.78 is 18.7. The molecule has 0 aliphatic carbocycles. The standard InChI is InChI=1S/C14H11BrFNO2/c1-2-19-11-5-9(7-17-8-11)14(18)12-4-3-10(16)6-13(12)15/h3-8H,2H2,1H3. The molecular formula is C14H11BrFNO2. The zero-order valence-electron chi connectivity index (χ0n) is 10.2. The van der Waals surface area contributed by atoms with Gasteiger partial charge in [0.05, 0.1) is 12.8 Å². The summed E-state index contributed by atoms with van der Waals surface area (Å²) in [6.45, 7) is 2.35. The summed E-state index contributed by atoms with van der Waals surface area (Å²) in [6.07, 6.45) is 3.00. The van der Waals surface area contributed by atoms with Crippen molar-refractivity contribution < 1.29 is 13.9 Å². The fourth-order valence-corrected chi connectivity index (χ4v) is 2.15. The topological polar surface area (TPSA) is 39.2 Å². The predicted octanol–water partition coefficient (Wildman–Crippen LogP) is 3.61. The van der Waals surface area contributed by atoms with Crippen LogP contribution in [0.5, 0.6) is 5.75 Å². The number of aromatic nitrogens is 1. The molecule has 1 heterocycles. The van der Waals surface area contributed by atoms with Crippen molar-refractivity contribution in [3.05, 3.63) is 58.1 Å². The number of carbonyl (C=O) groups excluding carboxylic acids is 1. The van der Waals surface area contributed by atoms with Gasteiger partial charge in [0.15, 0.2) is 5.78 Å². The molecule has 0 N–H and O–H groups in total. The Balaban J connectivity index is 2.35. The Hall–Kier alpha value is -1.75. The Labute approximate surface area is 118 Å². The number of ketones is 1. The zero-order valence-corrected chi connectivity index (χ0v) is 11.8. The number of ether oxygens (including phenoxy) is 1. The van der Waals surface area contributed by atoms with Crippen molar-refractivity contribution in [2.45, 2.75) is 6.92 Å². The molecule has 5 heteroatoms. The average Bonchev–Trinajstić information content (AvgIpc) is 2.39. The summed E-state index contributed by atoms with van der Waals surface area (Å²) in [5.74, 6) is -0.0999. The molecular weight excluding hydrogens is 313 g/mol. The molecule has 1 aromatic carbocycles. The van der Waals surface area contributed by atoms with Gasteiger partial charge in [-0.3, -0.25) is 9.78 Å². The van der Waals surface area contributed by atoms with Crippen LogP contribution in [0.25, 0.3) is 0 Å². The molecule has 0 atom stereocenters. The molecule has 2 rings (SSSR count). The van der Waals surface area contributed by atoms with Gasteiger partial charge in [0, 0.05) is 21.8 Å². The van der Waals surface area contributed by atoms with E-state index in [4.69, 9.17) is 4.74 Å². The third kappa shape index (κ3) is 3.17. The van der Waals surface area contributed by atoms with Crippen molar-refractivity contribution in [2.75, 3.05) is 6.61 Å². The molecule has 0 fully saturated rings. The molecule has 0 radical (unpaired) electrons. The molecule has 1 aromatic heterocycles. The monoisotopic (exact) mass is 323 g/mol. The Morgan fingerprint density at radius 3 is 2.84 bits per heavy atom. The van der Waals surface area contributed by atoms with E-state index in [0.29, 0.717) is 28.0 Å². The van der Waals surface area contributed by atoms with E-state index in [1.807, 2.05) is 6.92 Å². The quantitative estimate of drug-likeness (QED) is 0.807. The normalized spacial score (nSPS) is 10.3. The number of halogens is 2. The van der Waals surface area contributed by atoms with Crippen molar-refractivity contribution in [3.8, 4) is 5.75 Å². The van der Waals surface area contributed by atoms with Crippen molar-refractivity contribution in [3.63, 3.8) is 0 Å².